The maximum atomic E-state index is 13.7. The molecule has 26 atom stereocenters. The van der Waals surface area contributed by atoms with Gasteiger partial charge in [0.15, 0.2) is 24.2 Å². The van der Waals surface area contributed by atoms with E-state index in [0.29, 0.717) is 25.7 Å². The van der Waals surface area contributed by atoms with Crippen molar-refractivity contribution < 1.29 is 87.6 Å². The molecule has 0 spiro atoms. The molecular weight excluding hydrogens is 973 g/mol. The topological polar surface area (TPSA) is 248 Å². The molecule has 75 heavy (non-hydrogen) atoms. The summed E-state index contributed by atoms with van der Waals surface area (Å²) in [5.74, 6) is -5.83. The number of carbonyl (C=O) groups excluding carboxylic acids is 2. The number of hydrogen-bond acceptors (Lipinski definition) is 18. The number of hydrogen-bond donors (Lipinski definition) is 6. The van der Waals surface area contributed by atoms with Crippen molar-refractivity contribution in [2.24, 2.45) is 47.3 Å². The summed E-state index contributed by atoms with van der Waals surface area (Å²) in [5.41, 5.74) is 0. The van der Waals surface area contributed by atoms with E-state index in [4.69, 9.17) is 47.4 Å². The van der Waals surface area contributed by atoms with Crippen LogP contribution in [0.25, 0.3) is 0 Å². The Bertz CT molecular complexity index is 1730. The van der Waals surface area contributed by atoms with Crippen molar-refractivity contribution in [3.8, 4) is 0 Å². The summed E-state index contributed by atoms with van der Waals surface area (Å²) in [6.07, 6.45) is 0.742. The summed E-state index contributed by atoms with van der Waals surface area (Å²) in [6.45, 7) is 22.9. The maximum Gasteiger partial charge on any atom is 0.331 e. The van der Waals surface area contributed by atoms with E-state index in [2.05, 4.69) is 6.92 Å². The fourth-order valence-electron chi connectivity index (χ4n) is 12.7. The smallest absolute Gasteiger partial charge is 0.331 e. The number of aliphatic hydroxyl groups excluding tert-OH is 6. The number of aliphatic hydroxyl groups is 6. The largest absolute Gasteiger partial charge is 0.459 e. The summed E-state index contributed by atoms with van der Waals surface area (Å²) in [5, 5.41) is 65.9. The molecule has 436 valence electrons. The van der Waals surface area contributed by atoms with Gasteiger partial charge in [-0.25, -0.2) is 4.79 Å². The van der Waals surface area contributed by atoms with Crippen LogP contribution in [0.2, 0.25) is 0 Å². The van der Waals surface area contributed by atoms with Gasteiger partial charge in [0, 0.05) is 101 Å². The molecule has 4 aliphatic heterocycles. The Kier molecular flexibility index (Phi) is 26.2. The Hall–Kier alpha value is -1.98. The van der Waals surface area contributed by atoms with Gasteiger partial charge < -0.3 is 82.8 Å². The fraction of sp³-hybridized carbons (Fsp3) is 0.895. The Morgan fingerprint density at radius 2 is 1.12 bits per heavy atom. The van der Waals surface area contributed by atoms with Crippen LogP contribution in [0.1, 0.15) is 147 Å². The summed E-state index contributed by atoms with van der Waals surface area (Å²) in [7, 11) is 4.70. The van der Waals surface area contributed by atoms with E-state index < -0.39 is 127 Å². The fourth-order valence-corrected chi connectivity index (χ4v) is 12.7. The van der Waals surface area contributed by atoms with Crippen LogP contribution in [0.5, 0.6) is 0 Å². The predicted octanol–water partition coefficient (Wildman–Crippen LogP) is 6.16. The van der Waals surface area contributed by atoms with Gasteiger partial charge in [0.25, 0.3) is 0 Å². The minimum absolute atomic E-state index is 0.0207. The summed E-state index contributed by atoms with van der Waals surface area (Å²) >= 11 is 0. The van der Waals surface area contributed by atoms with E-state index in [0.717, 1.165) is 25.5 Å². The number of carbonyl (C=O) groups is 2. The Labute approximate surface area is 448 Å². The van der Waals surface area contributed by atoms with Gasteiger partial charge in [-0.1, -0.05) is 80.0 Å². The Morgan fingerprint density at radius 3 is 1.52 bits per heavy atom. The molecule has 0 aromatic heterocycles. The number of unbranched alkanes of at least 4 members (excludes halogenated alkanes) is 2. The maximum absolute atomic E-state index is 13.7. The van der Waals surface area contributed by atoms with E-state index in [9.17, 15) is 40.2 Å². The first-order valence-electron chi connectivity index (χ1n) is 28.1. The van der Waals surface area contributed by atoms with E-state index in [1.807, 2.05) is 68.4 Å². The van der Waals surface area contributed by atoms with Crippen LogP contribution in [-0.2, 0) is 57.0 Å². The summed E-state index contributed by atoms with van der Waals surface area (Å²) in [4.78, 5) is 24.9. The molecular formula is C57H100O18. The van der Waals surface area contributed by atoms with Crippen molar-refractivity contribution in [3.05, 3.63) is 24.3 Å². The SMILES string of the molecule is CCC1C(C)OC(OC)(C(C)C(O)C(C)C(OC)C(C)C=CC=CC(=O)OC(C(C)CCCCC=O)C(C)C(O)C(C)C2(OC)CC(OC3CC(O)C(O)C(C)O3)C(CC)C(C)O2)CC1OC1CC(O)C(O)C(C)O1. The van der Waals surface area contributed by atoms with Gasteiger partial charge in [0.05, 0.1) is 67.1 Å². The normalized spacial score (nSPS) is 39.0. The number of methoxy groups -OCH3 is 3. The average molecular weight is 1070 g/mol. The number of allylic oxidation sites excluding steroid dienone is 2. The highest BCUT2D eigenvalue weighted by atomic mass is 16.7. The van der Waals surface area contributed by atoms with Gasteiger partial charge in [0.2, 0.25) is 0 Å². The standard InChI is InChI=1S/C57H100O18/c1-16-41-37(9)74-56(67-14,29-45(41)71-48-27-43(59)52(64)39(11)69-48)35(7)50(62)33(5)54(66-13)31(3)24-20-21-25-47(61)73-55(32(4)23-19-18-22-26-58)34(6)51(63)36(8)57(68-15)30-46(42(17-2)38(10)75-57)72-49-28-44(60)53(65)40(12)70-49/h20-21,24-26,31-46,48-55,59-60,62-65H,16-19,22-23,27-30H2,1-15H3. The van der Waals surface area contributed by atoms with Gasteiger partial charge in [-0.05, 0) is 59.3 Å². The second kappa shape index (κ2) is 30.0. The van der Waals surface area contributed by atoms with Crippen molar-refractivity contribution in [3.63, 3.8) is 0 Å². The van der Waals surface area contributed by atoms with E-state index in [-0.39, 0.29) is 55.1 Å². The van der Waals surface area contributed by atoms with Crippen LogP contribution in [0.15, 0.2) is 24.3 Å². The third-order valence-electron chi connectivity index (χ3n) is 17.7. The Morgan fingerprint density at radius 1 is 0.667 bits per heavy atom. The average Bonchev–Trinajstić information content (AvgIpc) is 3.37. The van der Waals surface area contributed by atoms with Crippen LogP contribution < -0.4 is 0 Å². The lowest BCUT2D eigenvalue weighted by atomic mass is 9.75. The first kappa shape index (κ1) is 65.5. The molecule has 26 unspecified atom stereocenters. The molecule has 4 heterocycles. The van der Waals surface area contributed by atoms with Gasteiger partial charge in [-0.2, -0.15) is 0 Å². The number of rotatable bonds is 28. The zero-order chi connectivity index (χ0) is 56.1. The predicted molar refractivity (Wildman–Crippen MR) is 280 cm³/mol. The third kappa shape index (κ3) is 16.3. The second-order valence-electron chi connectivity index (χ2n) is 22.6. The summed E-state index contributed by atoms with van der Waals surface area (Å²) in [6, 6.07) is 0. The third-order valence-corrected chi connectivity index (χ3v) is 17.7. The van der Waals surface area contributed by atoms with Crippen LogP contribution in [0.3, 0.4) is 0 Å². The molecule has 0 amide bonds. The van der Waals surface area contributed by atoms with Crippen LogP contribution in [0.4, 0.5) is 0 Å². The number of aldehydes is 1. The minimum Gasteiger partial charge on any atom is -0.459 e. The molecule has 4 saturated heterocycles. The van der Waals surface area contributed by atoms with Crippen molar-refractivity contribution >= 4 is 12.3 Å². The highest BCUT2D eigenvalue weighted by Crippen LogP contribution is 2.47. The van der Waals surface area contributed by atoms with Crippen LogP contribution in [-0.4, -0.2) is 174 Å². The highest BCUT2D eigenvalue weighted by Gasteiger charge is 2.55. The lowest BCUT2D eigenvalue weighted by Crippen LogP contribution is -2.60. The molecule has 4 rings (SSSR count). The molecule has 18 heteroatoms. The summed E-state index contributed by atoms with van der Waals surface area (Å²) < 4.78 is 62.9. The van der Waals surface area contributed by atoms with Crippen molar-refractivity contribution in [1.29, 1.82) is 0 Å². The van der Waals surface area contributed by atoms with Gasteiger partial charge in [-0.3, -0.25) is 0 Å². The lowest BCUT2D eigenvalue weighted by molar-refractivity contribution is -0.352. The van der Waals surface area contributed by atoms with E-state index in [1.54, 1.807) is 47.3 Å². The van der Waals surface area contributed by atoms with Crippen molar-refractivity contribution in [2.75, 3.05) is 21.3 Å². The molecule has 0 saturated carbocycles. The molecule has 4 fully saturated rings. The second-order valence-corrected chi connectivity index (χ2v) is 22.6. The molecule has 0 aliphatic carbocycles. The molecule has 0 aromatic carbocycles. The Balaban J connectivity index is 1.46. The monoisotopic (exact) mass is 1070 g/mol. The number of ether oxygens (including phenoxy) is 10. The van der Waals surface area contributed by atoms with Gasteiger partial charge in [-0.15, -0.1) is 0 Å². The first-order chi connectivity index (χ1) is 35.4. The lowest BCUT2D eigenvalue weighted by Gasteiger charge is -2.52. The van der Waals surface area contributed by atoms with E-state index >= 15 is 0 Å². The molecule has 6 N–H and O–H groups in total. The number of esters is 1. The first-order valence-corrected chi connectivity index (χ1v) is 28.1. The molecule has 0 aromatic rings. The molecule has 0 radical (unpaired) electrons. The minimum atomic E-state index is -1.30. The quantitative estimate of drug-likeness (QED) is 0.0169. The zero-order valence-corrected chi connectivity index (χ0v) is 47.9. The van der Waals surface area contributed by atoms with Crippen LogP contribution >= 0.6 is 0 Å². The van der Waals surface area contributed by atoms with Crippen molar-refractivity contribution in [1.82, 2.24) is 0 Å². The van der Waals surface area contributed by atoms with E-state index in [1.165, 1.54) is 6.08 Å². The van der Waals surface area contributed by atoms with Gasteiger partial charge >= 0.3 is 5.97 Å². The van der Waals surface area contributed by atoms with Crippen molar-refractivity contribution in [2.45, 2.75) is 257 Å². The van der Waals surface area contributed by atoms with Gasteiger partial charge in [0.1, 0.15) is 24.6 Å². The molecule has 0 bridgehead atoms. The molecule has 18 nitrogen and oxygen atoms in total. The zero-order valence-electron chi connectivity index (χ0n) is 47.9. The molecule has 4 aliphatic rings. The van der Waals surface area contributed by atoms with Crippen LogP contribution in [0, 0.1) is 47.3 Å². The highest BCUT2D eigenvalue weighted by molar-refractivity contribution is 5.82.